The van der Waals surface area contributed by atoms with Gasteiger partial charge in [-0.15, -0.1) is 0 Å². The molecule has 0 saturated heterocycles. The number of Topliss-reactive ketones (excluding diaryl/α,β-unsaturated/α-hetero) is 1. The molecule has 0 bridgehead atoms. The lowest BCUT2D eigenvalue weighted by atomic mass is 9.60. The fourth-order valence-corrected chi connectivity index (χ4v) is 7.27. The minimum absolute atomic E-state index is 0.000318. The van der Waals surface area contributed by atoms with Crippen LogP contribution in [0.1, 0.15) is 67.2 Å². The zero-order chi connectivity index (χ0) is 23.9. The Hall–Kier alpha value is -1.50. The van der Waals surface area contributed by atoms with Crippen LogP contribution in [-0.2, 0) is 14.3 Å². The summed E-state index contributed by atoms with van der Waals surface area (Å²) in [6.45, 7) is 11.5. The van der Waals surface area contributed by atoms with Gasteiger partial charge in [-0.3, -0.25) is 9.59 Å². The van der Waals surface area contributed by atoms with Crippen LogP contribution in [0.5, 0.6) is 0 Å². The number of carbonyl (C=O) groups excluding carboxylic acids is 2. The van der Waals surface area contributed by atoms with Crippen molar-refractivity contribution in [1.29, 1.82) is 0 Å². The molecule has 4 aliphatic rings. The Morgan fingerprint density at radius 2 is 1.94 bits per heavy atom. The number of hydrogen-bond donors (Lipinski definition) is 3. The largest absolute Gasteiger partial charge is 0.458 e. The third-order valence-corrected chi connectivity index (χ3v) is 9.38. The molecule has 178 valence electrons. The molecule has 0 heterocycles. The van der Waals surface area contributed by atoms with Crippen LogP contribution in [-0.4, -0.2) is 50.5 Å². The fourth-order valence-electron chi connectivity index (χ4n) is 7.27. The van der Waals surface area contributed by atoms with Crippen LogP contribution in [0.3, 0.4) is 0 Å². The standard InChI is InChI=1S/C26H38O6/c1-7-14(2)8-20(28)32-25-11-16(4)26(31)18(21(25)23(25,5)6)10-17(13-27)12-24(30)19(26)9-15(3)22(24)29/h9-10,14,16,18-19,21,27,30-31H,7-8,11-13H2,1-6H3/t14?,16-,18+,19-,21-,24-,25+,26-/m1/s1. The first-order chi connectivity index (χ1) is 14.8. The molecule has 8 atom stereocenters. The van der Waals surface area contributed by atoms with Crippen molar-refractivity contribution in [2.45, 2.75) is 84.0 Å². The maximum absolute atomic E-state index is 13.0. The highest BCUT2D eigenvalue weighted by Crippen LogP contribution is 2.76. The van der Waals surface area contributed by atoms with Crippen LogP contribution in [0.2, 0.25) is 0 Å². The van der Waals surface area contributed by atoms with Gasteiger partial charge in [0.25, 0.3) is 0 Å². The average Bonchev–Trinajstić information content (AvgIpc) is 3.12. The van der Waals surface area contributed by atoms with Gasteiger partial charge in [-0.1, -0.05) is 53.2 Å². The Bertz CT molecular complexity index is 902. The summed E-state index contributed by atoms with van der Waals surface area (Å²) in [5.74, 6) is -2.07. The molecule has 4 aliphatic carbocycles. The van der Waals surface area contributed by atoms with Crippen LogP contribution >= 0.6 is 0 Å². The molecule has 4 rings (SSSR count). The summed E-state index contributed by atoms with van der Waals surface area (Å²) in [6.07, 6.45) is 5.31. The van der Waals surface area contributed by atoms with E-state index < -0.39 is 28.6 Å². The summed E-state index contributed by atoms with van der Waals surface area (Å²) in [5.41, 5.74) is -3.22. The van der Waals surface area contributed by atoms with E-state index in [-0.39, 0.29) is 47.9 Å². The van der Waals surface area contributed by atoms with Gasteiger partial charge in [-0.2, -0.15) is 0 Å². The van der Waals surface area contributed by atoms with Gasteiger partial charge in [0.05, 0.1) is 12.2 Å². The Morgan fingerprint density at radius 1 is 1.28 bits per heavy atom. The van der Waals surface area contributed by atoms with Crippen LogP contribution in [0.25, 0.3) is 0 Å². The predicted molar refractivity (Wildman–Crippen MR) is 119 cm³/mol. The summed E-state index contributed by atoms with van der Waals surface area (Å²) in [7, 11) is 0. The zero-order valence-electron chi connectivity index (χ0n) is 20.1. The number of rotatable bonds is 5. The molecule has 0 spiro atoms. The van der Waals surface area contributed by atoms with Gasteiger partial charge in [0, 0.05) is 36.0 Å². The van der Waals surface area contributed by atoms with Crippen molar-refractivity contribution in [2.24, 2.45) is 35.0 Å². The third kappa shape index (κ3) is 2.88. The van der Waals surface area contributed by atoms with Crippen LogP contribution in [0, 0.1) is 35.0 Å². The quantitative estimate of drug-likeness (QED) is 0.443. The second kappa shape index (κ2) is 7.25. The van der Waals surface area contributed by atoms with Crippen molar-refractivity contribution in [3.8, 4) is 0 Å². The number of aliphatic hydroxyl groups is 3. The maximum Gasteiger partial charge on any atom is 0.306 e. The first-order valence-corrected chi connectivity index (χ1v) is 12.0. The van der Waals surface area contributed by atoms with E-state index in [1.807, 2.05) is 19.9 Å². The van der Waals surface area contributed by atoms with E-state index in [4.69, 9.17) is 4.74 Å². The minimum atomic E-state index is -1.76. The minimum Gasteiger partial charge on any atom is -0.458 e. The van der Waals surface area contributed by atoms with Crippen molar-refractivity contribution in [3.63, 3.8) is 0 Å². The second-order valence-electron chi connectivity index (χ2n) is 11.5. The van der Waals surface area contributed by atoms with Crippen LogP contribution < -0.4 is 0 Å². The molecular weight excluding hydrogens is 408 g/mol. The highest BCUT2D eigenvalue weighted by atomic mass is 16.6. The molecule has 0 amide bonds. The van der Waals surface area contributed by atoms with Gasteiger partial charge < -0.3 is 20.1 Å². The lowest BCUT2D eigenvalue weighted by molar-refractivity contribution is -0.187. The molecule has 0 radical (unpaired) electrons. The van der Waals surface area contributed by atoms with Gasteiger partial charge in [-0.25, -0.2) is 0 Å². The van der Waals surface area contributed by atoms with Crippen molar-refractivity contribution in [1.82, 2.24) is 0 Å². The summed E-state index contributed by atoms with van der Waals surface area (Å²) >= 11 is 0. The molecule has 0 aliphatic heterocycles. The van der Waals surface area contributed by atoms with Crippen molar-refractivity contribution < 1.29 is 29.6 Å². The molecule has 0 aromatic rings. The van der Waals surface area contributed by atoms with E-state index in [1.165, 1.54) is 0 Å². The fraction of sp³-hybridized carbons (Fsp3) is 0.769. The second-order valence-corrected chi connectivity index (χ2v) is 11.5. The lowest BCUT2D eigenvalue weighted by Gasteiger charge is -2.50. The monoisotopic (exact) mass is 446 g/mol. The van der Waals surface area contributed by atoms with Crippen molar-refractivity contribution >= 4 is 11.8 Å². The molecule has 0 aromatic carbocycles. The van der Waals surface area contributed by atoms with Crippen LogP contribution in [0.4, 0.5) is 0 Å². The van der Waals surface area contributed by atoms with Gasteiger partial charge in [-0.05, 0) is 36.3 Å². The first-order valence-electron chi connectivity index (χ1n) is 12.0. The molecule has 3 N–H and O–H groups in total. The summed E-state index contributed by atoms with van der Waals surface area (Å²) in [6, 6.07) is 0. The first kappa shape index (κ1) is 23.7. The van der Waals surface area contributed by atoms with E-state index in [9.17, 15) is 24.9 Å². The van der Waals surface area contributed by atoms with Gasteiger partial charge in [0.2, 0.25) is 0 Å². The summed E-state index contributed by atoms with van der Waals surface area (Å²) in [5, 5.41) is 33.8. The van der Waals surface area contributed by atoms with E-state index in [2.05, 4.69) is 20.8 Å². The van der Waals surface area contributed by atoms with E-state index in [1.54, 1.807) is 13.0 Å². The van der Waals surface area contributed by atoms with Crippen molar-refractivity contribution in [2.75, 3.05) is 6.61 Å². The molecule has 0 aromatic heterocycles. The Kier molecular flexibility index (Phi) is 5.36. The lowest BCUT2D eigenvalue weighted by Crippen LogP contribution is -2.61. The molecule has 32 heavy (non-hydrogen) atoms. The predicted octanol–water partition coefficient (Wildman–Crippen LogP) is 2.95. The number of ketones is 1. The third-order valence-electron chi connectivity index (χ3n) is 9.38. The number of aliphatic hydroxyl groups excluding tert-OH is 1. The average molecular weight is 447 g/mol. The summed E-state index contributed by atoms with van der Waals surface area (Å²) in [4.78, 5) is 25.8. The Balaban J connectivity index is 1.78. The SMILES string of the molecule is CCC(C)CC(=O)O[C@@]12C[C@@H](C)[C@@]3(O)[C@@H](C=C(CO)C[C@]4(O)C(=O)C(C)=C[C@@H]34)[C@@H]1C2(C)C. The highest BCUT2D eigenvalue weighted by molar-refractivity contribution is 6.04. The molecule has 2 fully saturated rings. The molecule has 6 nitrogen and oxygen atoms in total. The van der Waals surface area contributed by atoms with Gasteiger partial charge >= 0.3 is 5.97 Å². The molecule has 2 saturated carbocycles. The van der Waals surface area contributed by atoms with E-state index >= 15 is 0 Å². The number of esters is 1. The van der Waals surface area contributed by atoms with Crippen molar-refractivity contribution in [3.05, 3.63) is 23.3 Å². The summed E-state index contributed by atoms with van der Waals surface area (Å²) < 4.78 is 6.21. The smallest absolute Gasteiger partial charge is 0.306 e. The normalized spacial score (nSPS) is 45.0. The van der Waals surface area contributed by atoms with E-state index in [0.29, 0.717) is 24.0 Å². The number of carbonyl (C=O) groups is 2. The number of hydrogen-bond acceptors (Lipinski definition) is 6. The highest BCUT2D eigenvalue weighted by Gasteiger charge is 2.83. The molecule has 1 unspecified atom stereocenters. The Labute approximate surface area is 190 Å². The zero-order valence-corrected chi connectivity index (χ0v) is 20.1. The van der Waals surface area contributed by atoms with Gasteiger partial charge in [0.15, 0.2) is 5.78 Å². The maximum atomic E-state index is 13.0. The number of fused-ring (bicyclic) bond motifs is 5. The molecular formula is C26H38O6. The topological polar surface area (TPSA) is 104 Å². The Morgan fingerprint density at radius 3 is 2.53 bits per heavy atom. The van der Waals surface area contributed by atoms with Gasteiger partial charge in [0.1, 0.15) is 11.2 Å². The molecule has 6 heteroatoms. The van der Waals surface area contributed by atoms with E-state index in [0.717, 1.165) is 6.42 Å². The van der Waals surface area contributed by atoms with Crippen LogP contribution in [0.15, 0.2) is 23.3 Å². The number of ether oxygens (including phenoxy) is 1.